The van der Waals surface area contributed by atoms with Crippen LogP contribution in [0.1, 0.15) is 54.2 Å². The van der Waals surface area contributed by atoms with E-state index in [0.29, 0.717) is 24.1 Å². The third-order valence-corrected chi connectivity index (χ3v) is 10.9. The molecule has 1 aliphatic rings. The number of halogens is 3. The summed E-state index contributed by atoms with van der Waals surface area (Å²) in [7, 11) is -3.33. The summed E-state index contributed by atoms with van der Waals surface area (Å²) in [6, 6.07) is 17.5. The van der Waals surface area contributed by atoms with Crippen LogP contribution in [0, 0.1) is 0 Å². The van der Waals surface area contributed by atoms with Crippen LogP contribution in [0.15, 0.2) is 73.4 Å². The number of hydrogen-bond donors (Lipinski definition) is 1. The van der Waals surface area contributed by atoms with Crippen LogP contribution in [0.5, 0.6) is 0 Å². The van der Waals surface area contributed by atoms with Crippen LogP contribution in [0.3, 0.4) is 0 Å². The lowest BCUT2D eigenvalue weighted by Crippen LogP contribution is -2.39. The molecular formula is C30H28F3NO3S2. The van der Waals surface area contributed by atoms with Crippen molar-refractivity contribution in [2.75, 3.05) is 5.75 Å². The molecule has 1 aliphatic carbocycles. The Labute approximate surface area is 229 Å². The second-order valence-electron chi connectivity index (χ2n) is 10.3. The van der Waals surface area contributed by atoms with Crippen LogP contribution >= 0.6 is 11.3 Å². The highest BCUT2D eigenvalue weighted by atomic mass is 32.2. The van der Waals surface area contributed by atoms with E-state index in [0.717, 1.165) is 44.7 Å². The first-order chi connectivity index (χ1) is 18.3. The Morgan fingerprint density at radius 3 is 2.51 bits per heavy atom. The Bertz CT molecular complexity index is 1670. The predicted molar refractivity (Wildman–Crippen MR) is 150 cm³/mol. The van der Waals surface area contributed by atoms with E-state index in [4.69, 9.17) is 0 Å². The fraction of sp³-hybridized carbons (Fsp3) is 0.300. The number of sulfone groups is 1. The predicted octanol–water partition coefficient (Wildman–Crippen LogP) is 7.48. The lowest BCUT2D eigenvalue weighted by molar-refractivity contribution is -0.258. The highest BCUT2D eigenvalue weighted by Crippen LogP contribution is 2.44. The van der Waals surface area contributed by atoms with E-state index in [1.165, 1.54) is 23.6 Å². The third kappa shape index (κ3) is 5.27. The van der Waals surface area contributed by atoms with Crippen LogP contribution in [0.25, 0.3) is 26.9 Å². The number of alkyl halides is 3. The van der Waals surface area contributed by atoms with Gasteiger partial charge in [0.05, 0.1) is 16.7 Å². The Morgan fingerprint density at radius 2 is 1.85 bits per heavy atom. The second-order valence-corrected chi connectivity index (χ2v) is 13.7. The Hall–Kier alpha value is -3.01. The van der Waals surface area contributed by atoms with Gasteiger partial charge in [-0.2, -0.15) is 13.2 Å². The highest BCUT2D eigenvalue weighted by molar-refractivity contribution is 7.92. The molecule has 0 spiro atoms. The molecule has 1 fully saturated rings. The highest BCUT2D eigenvalue weighted by Gasteiger charge is 2.51. The molecular weight excluding hydrogens is 543 g/mol. The zero-order valence-electron chi connectivity index (χ0n) is 21.5. The Balaban J connectivity index is 1.65. The minimum absolute atomic E-state index is 0.0354. The molecule has 0 unspecified atom stereocenters. The minimum Gasteiger partial charge on any atom is -0.376 e. The maximum atomic E-state index is 13.5. The van der Waals surface area contributed by atoms with Gasteiger partial charge in [-0.15, -0.1) is 11.3 Å². The molecule has 0 aliphatic heterocycles. The third-order valence-electron chi connectivity index (χ3n) is 7.28. The summed E-state index contributed by atoms with van der Waals surface area (Å²) in [5.41, 5.74) is 0.171. The van der Waals surface area contributed by atoms with Gasteiger partial charge < -0.3 is 5.11 Å². The normalized spacial score (nSPS) is 16.7. The topological polar surface area (TPSA) is 67.3 Å². The van der Waals surface area contributed by atoms with E-state index in [1.54, 1.807) is 12.1 Å². The van der Waals surface area contributed by atoms with Gasteiger partial charge in [-0.3, -0.25) is 4.98 Å². The van der Waals surface area contributed by atoms with E-state index in [2.05, 4.69) is 11.6 Å². The van der Waals surface area contributed by atoms with E-state index < -0.39 is 27.5 Å². The van der Waals surface area contributed by atoms with Crippen molar-refractivity contribution in [3.8, 4) is 11.3 Å². The van der Waals surface area contributed by atoms with Gasteiger partial charge in [-0.05, 0) is 67.0 Å². The van der Waals surface area contributed by atoms with Crippen LogP contribution < -0.4 is 0 Å². The standard InChI is InChI=1S/C30H28F3NO3S2/c1-18(2)22-8-4-5-9-23(22)25(17-39(36,37)21-11-12-21)27-15-19-7-6-10-24(28(19)38-27)26-16-20(13-14-34-26)29(3,35)30(31,32)33/h4-10,13-16,21,25,35H,1,11-12,17H2,2-3H3/t25-,29+/m1/s1. The molecule has 4 aromatic rings. The van der Waals surface area contributed by atoms with Crippen LogP contribution in [0.2, 0.25) is 0 Å². The van der Waals surface area contributed by atoms with Gasteiger partial charge >= 0.3 is 6.18 Å². The zero-order chi connectivity index (χ0) is 28.2. The molecule has 4 nitrogen and oxygen atoms in total. The summed E-state index contributed by atoms with van der Waals surface area (Å²) in [6.45, 7) is 6.71. The Kier molecular flexibility index (Phi) is 6.97. The maximum absolute atomic E-state index is 13.5. The van der Waals surface area contributed by atoms with Crippen molar-refractivity contribution in [1.82, 2.24) is 4.98 Å². The monoisotopic (exact) mass is 571 g/mol. The minimum atomic E-state index is -4.86. The van der Waals surface area contributed by atoms with Crippen molar-refractivity contribution in [2.45, 2.75) is 49.6 Å². The summed E-state index contributed by atoms with van der Waals surface area (Å²) in [5, 5.41) is 10.8. The van der Waals surface area contributed by atoms with Crippen molar-refractivity contribution in [1.29, 1.82) is 0 Å². The van der Waals surface area contributed by atoms with Crippen molar-refractivity contribution in [3.63, 3.8) is 0 Å². The van der Waals surface area contributed by atoms with Crippen molar-refractivity contribution in [2.24, 2.45) is 0 Å². The van der Waals surface area contributed by atoms with E-state index in [-0.39, 0.29) is 16.6 Å². The molecule has 204 valence electrons. The van der Waals surface area contributed by atoms with Gasteiger partial charge in [0.15, 0.2) is 15.4 Å². The molecule has 0 bridgehead atoms. The summed E-state index contributed by atoms with van der Waals surface area (Å²) in [6.07, 6.45) is -2.24. The van der Waals surface area contributed by atoms with Gasteiger partial charge in [0.2, 0.25) is 0 Å². The number of pyridine rings is 1. The number of rotatable bonds is 8. The number of hydrogen-bond acceptors (Lipinski definition) is 5. The number of aliphatic hydroxyl groups is 1. The van der Waals surface area contributed by atoms with Gasteiger partial charge in [0.25, 0.3) is 0 Å². The van der Waals surface area contributed by atoms with Gasteiger partial charge in [0.1, 0.15) is 0 Å². The molecule has 2 aromatic carbocycles. The smallest absolute Gasteiger partial charge is 0.376 e. The average molecular weight is 572 g/mol. The number of benzene rings is 2. The number of allylic oxidation sites excluding steroid dienone is 1. The first kappa shape index (κ1) is 27.6. The number of thiophene rings is 1. The fourth-order valence-electron chi connectivity index (χ4n) is 4.81. The molecule has 1 saturated carbocycles. The number of aromatic nitrogens is 1. The molecule has 2 aromatic heterocycles. The molecule has 1 N–H and O–H groups in total. The van der Waals surface area contributed by atoms with Gasteiger partial charge in [0, 0.05) is 27.3 Å². The van der Waals surface area contributed by atoms with Crippen molar-refractivity contribution < 1.29 is 26.7 Å². The average Bonchev–Trinajstić information content (AvgIpc) is 3.66. The summed E-state index contributed by atoms with van der Waals surface area (Å²) >= 11 is 1.41. The van der Waals surface area contributed by atoms with E-state index in [9.17, 15) is 26.7 Å². The van der Waals surface area contributed by atoms with Crippen LogP contribution in [-0.2, 0) is 15.4 Å². The lowest BCUT2D eigenvalue weighted by atomic mass is 9.91. The van der Waals surface area contributed by atoms with E-state index in [1.807, 2.05) is 43.3 Å². The molecule has 0 saturated heterocycles. The van der Waals surface area contributed by atoms with Crippen molar-refractivity contribution >= 4 is 36.8 Å². The molecule has 39 heavy (non-hydrogen) atoms. The van der Waals surface area contributed by atoms with Crippen LogP contribution in [-0.4, -0.2) is 35.7 Å². The van der Waals surface area contributed by atoms with Gasteiger partial charge in [-0.25, -0.2) is 8.42 Å². The zero-order valence-corrected chi connectivity index (χ0v) is 23.1. The lowest BCUT2D eigenvalue weighted by Gasteiger charge is -2.26. The number of fused-ring (bicyclic) bond motifs is 1. The largest absolute Gasteiger partial charge is 0.421 e. The van der Waals surface area contributed by atoms with Crippen molar-refractivity contribution in [3.05, 3.63) is 95.0 Å². The Morgan fingerprint density at radius 1 is 1.13 bits per heavy atom. The first-order valence-electron chi connectivity index (χ1n) is 12.5. The summed E-state index contributed by atoms with van der Waals surface area (Å²) in [4.78, 5) is 5.16. The summed E-state index contributed by atoms with van der Waals surface area (Å²) in [5.74, 6) is -0.467. The van der Waals surface area contributed by atoms with E-state index >= 15 is 0 Å². The summed E-state index contributed by atoms with van der Waals surface area (Å²) < 4.78 is 67.8. The maximum Gasteiger partial charge on any atom is 0.421 e. The quantitative estimate of drug-likeness (QED) is 0.238. The first-order valence-corrected chi connectivity index (χ1v) is 15.1. The molecule has 0 radical (unpaired) electrons. The number of nitrogens with zero attached hydrogens (tertiary/aromatic N) is 1. The molecule has 0 amide bonds. The molecule has 2 heterocycles. The molecule has 2 atom stereocenters. The molecule has 5 rings (SSSR count). The fourth-order valence-corrected chi connectivity index (χ4v) is 8.17. The SMILES string of the molecule is C=C(C)c1ccccc1[C@@H](CS(=O)(=O)C1CC1)c1cc2cccc(-c3cc([C@](C)(O)C(F)(F)F)ccn3)c2s1. The molecule has 9 heteroatoms. The second kappa shape index (κ2) is 9.87. The van der Waals surface area contributed by atoms with Crippen LogP contribution in [0.4, 0.5) is 13.2 Å². The van der Waals surface area contributed by atoms with Gasteiger partial charge in [-0.1, -0.05) is 54.6 Å².